The monoisotopic (exact) mass is 479 g/mol. The number of ether oxygens (including phenoxy) is 1. The summed E-state index contributed by atoms with van der Waals surface area (Å²) in [6.45, 7) is 7.66. The normalized spacial score (nSPS) is 16.8. The number of nitrogens with one attached hydrogen (secondary N) is 1. The Morgan fingerprint density at radius 1 is 0.971 bits per heavy atom. The van der Waals surface area contributed by atoms with Crippen LogP contribution < -0.4 is 5.32 Å². The second-order valence-electron chi connectivity index (χ2n) is 10.3. The Bertz CT molecular complexity index is 1060. The van der Waals surface area contributed by atoms with E-state index in [1.54, 1.807) is 9.80 Å². The summed E-state index contributed by atoms with van der Waals surface area (Å²) < 4.78 is 5.67. The lowest BCUT2D eigenvalue weighted by Gasteiger charge is -2.39. The molecule has 2 aliphatic rings. The van der Waals surface area contributed by atoms with E-state index >= 15 is 0 Å². The van der Waals surface area contributed by atoms with Crippen molar-refractivity contribution in [3.8, 4) is 11.1 Å². The van der Waals surface area contributed by atoms with Gasteiger partial charge in [0.2, 0.25) is 5.91 Å². The molecular formula is C27H33N3O5. The topological polar surface area (TPSA) is 99.2 Å². The zero-order chi connectivity index (χ0) is 25.2. The van der Waals surface area contributed by atoms with Crippen LogP contribution in [0, 0.1) is 5.41 Å². The van der Waals surface area contributed by atoms with Gasteiger partial charge in [0.25, 0.3) is 0 Å². The smallest absolute Gasteiger partial charge is 0.407 e. The molecule has 1 unspecified atom stereocenters. The van der Waals surface area contributed by atoms with E-state index in [-0.39, 0.29) is 25.0 Å². The van der Waals surface area contributed by atoms with E-state index in [1.807, 2.05) is 45.0 Å². The minimum atomic E-state index is -0.880. The van der Waals surface area contributed by atoms with Crippen molar-refractivity contribution >= 4 is 18.0 Å². The maximum Gasteiger partial charge on any atom is 0.407 e. The van der Waals surface area contributed by atoms with E-state index < -0.39 is 23.5 Å². The SMILES string of the molecule is CC(C)(C)C(NC(=O)OCC1c2ccccc2-c2ccccc21)C(=O)N1CCN(CC(=O)O)CC1. The number of piperazine rings is 1. The van der Waals surface area contributed by atoms with Crippen molar-refractivity contribution in [2.24, 2.45) is 5.41 Å². The van der Waals surface area contributed by atoms with Crippen molar-refractivity contribution in [2.75, 3.05) is 39.3 Å². The van der Waals surface area contributed by atoms with Gasteiger partial charge in [-0.3, -0.25) is 14.5 Å². The molecule has 186 valence electrons. The lowest BCUT2D eigenvalue weighted by Crippen LogP contribution is -2.59. The average molecular weight is 480 g/mol. The van der Waals surface area contributed by atoms with Crippen molar-refractivity contribution < 1.29 is 24.2 Å². The summed E-state index contributed by atoms with van der Waals surface area (Å²) in [5.41, 5.74) is 4.04. The third-order valence-corrected chi connectivity index (χ3v) is 6.76. The van der Waals surface area contributed by atoms with Gasteiger partial charge in [0.05, 0.1) is 6.54 Å². The number of hydrogen-bond acceptors (Lipinski definition) is 5. The second-order valence-corrected chi connectivity index (χ2v) is 10.3. The molecule has 1 heterocycles. The standard InChI is InChI=1S/C27H33N3O5/c1-27(2,3)24(25(33)30-14-12-29(13-15-30)16-23(31)32)28-26(34)35-17-22-20-10-6-4-8-18(20)19-9-5-7-11-21(19)22/h4-11,22,24H,12-17H2,1-3H3,(H,28,34)(H,31,32). The quantitative estimate of drug-likeness (QED) is 0.660. The number of fused-ring (bicyclic) bond motifs is 3. The van der Waals surface area contributed by atoms with Crippen LogP contribution in [-0.2, 0) is 14.3 Å². The molecule has 8 heteroatoms. The summed E-state index contributed by atoms with van der Waals surface area (Å²) in [4.78, 5) is 40.6. The highest BCUT2D eigenvalue weighted by atomic mass is 16.5. The Kier molecular flexibility index (Phi) is 7.12. The van der Waals surface area contributed by atoms with Gasteiger partial charge in [0, 0.05) is 32.1 Å². The molecule has 4 rings (SSSR count). The minimum Gasteiger partial charge on any atom is -0.480 e. The highest BCUT2D eigenvalue weighted by molar-refractivity contribution is 5.86. The number of rotatable bonds is 6. The van der Waals surface area contributed by atoms with Crippen molar-refractivity contribution in [1.29, 1.82) is 0 Å². The molecule has 2 amide bonds. The van der Waals surface area contributed by atoms with Gasteiger partial charge in [0.1, 0.15) is 12.6 Å². The van der Waals surface area contributed by atoms with Crippen LogP contribution >= 0.6 is 0 Å². The number of aliphatic carboxylic acids is 1. The first-order valence-electron chi connectivity index (χ1n) is 12.0. The van der Waals surface area contributed by atoms with Gasteiger partial charge in [0.15, 0.2) is 0 Å². The van der Waals surface area contributed by atoms with Crippen LogP contribution in [0.5, 0.6) is 0 Å². The molecule has 0 radical (unpaired) electrons. The van der Waals surface area contributed by atoms with Gasteiger partial charge >= 0.3 is 12.1 Å². The third-order valence-electron chi connectivity index (χ3n) is 6.76. The van der Waals surface area contributed by atoms with Gasteiger partial charge in [-0.15, -0.1) is 0 Å². The molecule has 8 nitrogen and oxygen atoms in total. The van der Waals surface area contributed by atoms with Gasteiger partial charge < -0.3 is 20.1 Å². The van der Waals surface area contributed by atoms with Crippen LogP contribution in [0.3, 0.4) is 0 Å². The van der Waals surface area contributed by atoms with Crippen LogP contribution in [0.25, 0.3) is 11.1 Å². The zero-order valence-corrected chi connectivity index (χ0v) is 20.5. The Labute approximate surface area is 205 Å². The fraction of sp³-hybridized carbons (Fsp3) is 0.444. The zero-order valence-electron chi connectivity index (χ0n) is 20.5. The molecule has 1 atom stereocenters. The van der Waals surface area contributed by atoms with E-state index in [1.165, 1.54) is 0 Å². The number of benzene rings is 2. The molecule has 1 fully saturated rings. The predicted molar refractivity (Wildman–Crippen MR) is 132 cm³/mol. The summed E-state index contributed by atoms with van der Waals surface area (Å²) in [5.74, 6) is -1.12. The number of nitrogens with zero attached hydrogens (tertiary/aromatic N) is 2. The molecule has 0 saturated carbocycles. The first-order valence-corrected chi connectivity index (χ1v) is 12.0. The van der Waals surface area contributed by atoms with Crippen molar-refractivity contribution in [1.82, 2.24) is 15.1 Å². The Morgan fingerprint density at radius 2 is 1.51 bits per heavy atom. The second kappa shape index (κ2) is 10.1. The number of carboxylic acids is 1. The molecule has 2 aromatic carbocycles. The van der Waals surface area contributed by atoms with Crippen LogP contribution in [0.2, 0.25) is 0 Å². The first-order chi connectivity index (χ1) is 16.6. The molecule has 2 aromatic rings. The number of carbonyl (C=O) groups excluding carboxylic acids is 2. The highest BCUT2D eigenvalue weighted by Crippen LogP contribution is 2.44. The molecule has 0 aromatic heterocycles. The van der Waals surface area contributed by atoms with Gasteiger partial charge in [-0.05, 0) is 27.7 Å². The minimum absolute atomic E-state index is 0.0390. The molecule has 35 heavy (non-hydrogen) atoms. The van der Waals surface area contributed by atoms with Crippen molar-refractivity contribution in [2.45, 2.75) is 32.7 Å². The largest absolute Gasteiger partial charge is 0.480 e. The molecule has 0 bridgehead atoms. The van der Waals surface area contributed by atoms with Crippen LogP contribution in [0.1, 0.15) is 37.8 Å². The summed E-state index contributed by atoms with van der Waals surface area (Å²) >= 11 is 0. The van der Waals surface area contributed by atoms with Crippen molar-refractivity contribution in [3.05, 3.63) is 59.7 Å². The van der Waals surface area contributed by atoms with E-state index in [0.29, 0.717) is 26.2 Å². The first kappa shape index (κ1) is 24.7. The maximum atomic E-state index is 13.3. The van der Waals surface area contributed by atoms with Crippen molar-refractivity contribution in [3.63, 3.8) is 0 Å². The van der Waals surface area contributed by atoms with E-state index in [9.17, 15) is 14.4 Å². The summed E-state index contributed by atoms with van der Waals surface area (Å²) in [5, 5.41) is 11.8. The number of alkyl carbamates (subject to hydrolysis) is 1. The van der Waals surface area contributed by atoms with Crippen LogP contribution in [0.4, 0.5) is 4.79 Å². The van der Waals surface area contributed by atoms with Crippen LogP contribution in [-0.4, -0.2) is 78.2 Å². The molecule has 2 N–H and O–H groups in total. The number of amides is 2. The van der Waals surface area contributed by atoms with Gasteiger partial charge in [-0.2, -0.15) is 0 Å². The average Bonchev–Trinajstić information content (AvgIpc) is 3.14. The fourth-order valence-electron chi connectivity index (χ4n) is 4.91. The molecule has 1 saturated heterocycles. The number of carboxylic acid groups (broad SMARTS) is 1. The number of hydrogen-bond donors (Lipinski definition) is 2. The lowest BCUT2D eigenvalue weighted by atomic mass is 9.85. The Hall–Kier alpha value is -3.39. The van der Waals surface area contributed by atoms with Gasteiger partial charge in [-0.25, -0.2) is 4.79 Å². The van der Waals surface area contributed by atoms with E-state index in [2.05, 4.69) is 29.6 Å². The summed E-state index contributed by atoms with van der Waals surface area (Å²) in [6.07, 6.45) is -0.621. The van der Waals surface area contributed by atoms with E-state index in [4.69, 9.17) is 9.84 Å². The summed E-state index contributed by atoms with van der Waals surface area (Å²) in [7, 11) is 0. The van der Waals surface area contributed by atoms with Gasteiger partial charge in [-0.1, -0.05) is 69.3 Å². The summed E-state index contributed by atoms with van der Waals surface area (Å²) in [6, 6.07) is 15.5. The molecule has 1 aliphatic heterocycles. The Morgan fingerprint density at radius 3 is 2.03 bits per heavy atom. The van der Waals surface area contributed by atoms with Crippen LogP contribution in [0.15, 0.2) is 48.5 Å². The Balaban J connectivity index is 1.39. The predicted octanol–water partition coefficient (Wildman–Crippen LogP) is 3.17. The lowest BCUT2D eigenvalue weighted by molar-refractivity contribution is -0.140. The highest BCUT2D eigenvalue weighted by Gasteiger charge is 2.37. The number of carbonyl (C=O) groups is 3. The molecular weight excluding hydrogens is 446 g/mol. The maximum absolute atomic E-state index is 13.3. The fourth-order valence-corrected chi connectivity index (χ4v) is 4.91. The molecule has 1 aliphatic carbocycles. The molecule has 0 spiro atoms. The third kappa shape index (κ3) is 5.48. The van der Waals surface area contributed by atoms with E-state index in [0.717, 1.165) is 22.3 Å².